The molecular formula is C24H25FN6O. The maximum atomic E-state index is 14.6. The van der Waals surface area contributed by atoms with Crippen molar-refractivity contribution >= 4 is 11.7 Å². The maximum absolute atomic E-state index is 14.6. The Labute approximate surface area is 186 Å². The topological polar surface area (TPSA) is 86.8 Å². The molecule has 32 heavy (non-hydrogen) atoms. The molecule has 1 fully saturated rings. The Balaban J connectivity index is 0.00000119. The van der Waals surface area contributed by atoms with E-state index in [-0.39, 0.29) is 23.6 Å². The molecule has 164 valence electrons. The fraction of sp³-hybridized carbons (Fsp3) is 0.333. The zero-order valence-electron chi connectivity index (χ0n) is 18.2. The monoisotopic (exact) mass is 432 g/mol. The first-order chi connectivity index (χ1) is 15.7. The zero-order chi connectivity index (χ0) is 22.7. The van der Waals surface area contributed by atoms with E-state index in [2.05, 4.69) is 15.2 Å². The predicted molar refractivity (Wildman–Crippen MR) is 120 cm³/mol. The minimum absolute atomic E-state index is 0.131. The molecule has 2 aliphatic rings. The average molecular weight is 433 g/mol. The quantitative estimate of drug-likeness (QED) is 0.670. The molecule has 2 aromatic heterocycles. The number of hydrogen-bond donors (Lipinski definition) is 1. The number of aromatic nitrogens is 3. The summed E-state index contributed by atoms with van der Waals surface area (Å²) in [7, 11) is 0. The molecule has 0 unspecified atom stereocenters. The summed E-state index contributed by atoms with van der Waals surface area (Å²) in [5.74, 6) is 0.0890. The maximum Gasteiger partial charge on any atom is 0.255 e. The van der Waals surface area contributed by atoms with Crippen molar-refractivity contribution in [3.05, 3.63) is 59.2 Å². The molecule has 3 aromatic rings. The average Bonchev–Trinajstić information content (AvgIpc) is 3.48. The van der Waals surface area contributed by atoms with Gasteiger partial charge in [-0.05, 0) is 37.5 Å². The van der Waals surface area contributed by atoms with Gasteiger partial charge >= 0.3 is 0 Å². The van der Waals surface area contributed by atoms with Gasteiger partial charge in [0.1, 0.15) is 5.82 Å². The number of fused-ring (bicyclic) bond motifs is 1. The molecule has 1 N–H and O–H groups in total. The van der Waals surface area contributed by atoms with Crippen molar-refractivity contribution in [2.75, 3.05) is 18.0 Å². The van der Waals surface area contributed by atoms with Crippen LogP contribution in [-0.2, 0) is 6.54 Å². The van der Waals surface area contributed by atoms with Crippen molar-refractivity contribution in [3.8, 4) is 23.0 Å². The Kier molecular flexibility index (Phi) is 6.17. The number of piperidine rings is 1. The van der Waals surface area contributed by atoms with Crippen molar-refractivity contribution in [2.45, 2.75) is 39.7 Å². The number of anilines is 1. The largest absolute Gasteiger partial charge is 0.355 e. The molecule has 0 spiro atoms. The Hall–Kier alpha value is -3.73. The summed E-state index contributed by atoms with van der Waals surface area (Å²) in [4.78, 5) is 19.2. The predicted octanol–water partition coefficient (Wildman–Crippen LogP) is 4.20. The molecule has 1 aromatic carbocycles. The minimum atomic E-state index is -0.529. The molecule has 0 saturated carbocycles. The molecule has 1 saturated heterocycles. The number of rotatable bonds is 3. The third-order valence-electron chi connectivity index (χ3n) is 5.61. The summed E-state index contributed by atoms with van der Waals surface area (Å²) >= 11 is 0. The number of hydrogen-bond acceptors (Lipinski definition) is 5. The fourth-order valence-electron chi connectivity index (χ4n) is 4.14. The van der Waals surface area contributed by atoms with E-state index in [9.17, 15) is 14.4 Å². The Morgan fingerprint density at radius 3 is 2.66 bits per heavy atom. The highest BCUT2D eigenvalue weighted by atomic mass is 19.1. The number of carbonyl (C=O) groups excluding carboxylic acids is 1. The van der Waals surface area contributed by atoms with Crippen LogP contribution in [-0.4, -0.2) is 33.8 Å². The molecule has 8 heteroatoms. The minimum Gasteiger partial charge on any atom is -0.355 e. The van der Waals surface area contributed by atoms with Crippen molar-refractivity contribution in [1.82, 2.24) is 20.1 Å². The van der Waals surface area contributed by atoms with Gasteiger partial charge in [0, 0.05) is 25.4 Å². The van der Waals surface area contributed by atoms with Gasteiger partial charge in [-0.15, -0.1) is 0 Å². The van der Waals surface area contributed by atoms with Crippen molar-refractivity contribution in [2.24, 2.45) is 0 Å². The summed E-state index contributed by atoms with van der Waals surface area (Å²) in [5.41, 5.74) is 2.12. The molecule has 4 heterocycles. The van der Waals surface area contributed by atoms with E-state index in [0.29, 0.717) is 22.6 Å². The first-order valence-corrected chi connectivity index (χ1v) is 11.0. The highest BCUT2D eigenvalue weighted by Crippen LogP contribution is 2.31. The molecule has 0 bridgehead atoms. The molecule has 0 aliphatic carbocycles. The SMILES string of the molecule is CC.N#Cc1cccc(F)c1-c1cc(-n2ccc(N3CCCCC3)n2)c2c(n1)CNC2=O. The van der Waals surface area contributed by atoms with Crippen molar-refractivity contribution in [1.29, 1.82) is 5.26 Å². The van der Waals surface area contributed by atoms with E-state index >= 15 is 0 Å². The standard InChI is InChI=1S/C22H19FN6O.C2H6/c23-15-6-4-5-14(12-24)20(15)16-11-18(21-17(26-16)13-25-22(21)30)29-10-7-19(27-29)28-8-2-1-3-9-28;1-2/h4-7,10-11H,1-3,8-9,13H2,(H,25,30);1-2H3. The van der Waals surface area contributed by atoms with Crippen LogP contribution in [0.3, 0.4) is 0 Å². The van der Waals surface area contributed by atoms with Crippen LogP contribution in [0, 0.1) is 17.1 Å². The summed E-state index contributed by atoms with van der Waals surface area (Å²) in [6, 6.07) is 9.94. The van der Waals surface area contributed by atoms with Crippen LogP contribution in [0.15, 0.2) is 36.5 Å². The summed E-state index contributed by atoms with van der Waals surface area (Å²) < 4.78 is 16.3. The molecule has 1 amide bonds. The van der Waals surface area contributed by atoms with Crippen LogP contribution in [0.1, 0.15) is 54.7 Å². The lowest BCUT2D eigenvalue weighted by molar-refractivity contribution is 0.0965. The number of amides is 1. The third kappa shape index (κ3) is 3.82. The Morgan fingerprint density at radius 2 is 1.91 bits per heavy atom. The molecule has 5 rings (SSSR count). The van der Waals surface area contributed by atoms with Gasteiger partial charge in [-0.1, -0.05) is 19.9 Å². The third-order valence-corrected chi connectivity index (χ3v) is 5.61. The Bertz CT molecular complexity index is 1190. The first-order valence-electron chi connectivity index (χ1n) is 11.0. The number of benzene rings is 1. The molecular weight excluding hydrogens is 407 g/mol. The Morgan fingerprint density at radius 1 is 1.12 bits per heavy atom. The van der Waals surface area contributed by atoms with Gasteiger partial charge in [0.05, 0.1) is 46.4 Å². The number of halogens is 1. The summed E-state index contributed by atoms with van der Waals surface area (Å²) in [6.45, 7) is 6.17. The smallest absolute Gasteiger partial charge is 0.255 e. The fourth-order valence-corrected chi connectivity index (χ4v) is 4.14. The number of nitriles is 1. The van der Waals surface area contributed by atoms with E-state index in [1.54, 1.807) is 16.8 Å². The van der Waals surface area contributed by atoms with E-state index in [1.807, 2.05) is 32.2 Å². The highest BCUT2D eigenvalue weighted by molar-refractivity contribution is 6.01. The van der Waals surface area contributed by atoms with Gasteiger partial charge < -0.3 is 10.2 Å². The van der Waals surface area contributed by atoms with E-state index in [1.165, 1.54) is 18.6 Å². The lowest BCUT2D eigenvalue weighted by Crippen LogP contribution is -2.29. The second kappa shape index (κ2) is 9.18. The van der Waals surface area contributed by atoms with E-state index < -0.39 is 5.82 Å². The number of carbonyl (C=O) groups is 1. The van der Waals surface area contributed by atoms with Gasteiger partial charge in [0.2, 0.25) is 0 Å². The first kappa shape index (κ1) is 21.5. The molecule has 0 atom stereocenters. The van der Waals surface area contributed by atoms with Crippen LogP contribution in [0.4, 0.5) is 10.2 Å². The van der Waals surface area contributed by atoms with Gasteiger partial charge in [-0.25, -0.2) is 14.1 Å². The molecule has 0 radical (unpaired) electrons. The van der Waals surface area contributed by atoms with Gasteiger partial charge in [-0.2, -0.15) is 10.4 Å². The highest BCUT2D eigenvalue weighted by Gasteiger charge is 2.28. The molecule has 7 nitrogen and oxygen atoms in total. The second-order valence-electron chi connectivity index (χ2n) is 7.47. The van der Waals surface area contributed by atoms with E-state index in [4.69, 9.17) is 5.10 Å². The normalized spacial score (nSPS) is 14.8. The van der Waals surface area contributed by atoms with Crippen LogP contribution in [0.2, 0.25) is 0 Å². The van der Waals surface area contributed by atoms with Crippen molar-refractivity contribution < 1.29 is 9.18 Å². The van der Waals surface area contributed by atoms with Crippen LogP contribution < -0.4 is 10.2 Å². The second-order valence-corrected chi connectivity index (χ2v) is 7.47. The number of nitrogens with zero attached hydrogens (tertiary/aromatic N) is 5. The lowest BCUT2D eigenvalue weighted by Gasteiger charge is -2.26. The van der Waals surface area contributed by atoms with Crippen LogP contribution >= 0.6 is 0 Å². The van der Waals surface area contributed by atoms with Gasteiger partial charge in [0.25, 0.3) is 5.91 Å². The van der Waals surface area contributed by atoms with Crippen LogP contribution in [0.5, 0.6) is 0 Å². The van der Waals surface area contributed by atoms with Gasteiger partial charge in [0.15, 0.2) is 5.82 Å². The zero-order valence-corrected chi connectivity index (χ0v) is 18.2. The molecule has 2 aliphatic heterocycles. The van der Waals surface area contributed by atoms with Gasteiger partial charge in [-0.3, -0.25) is 4.79 Å². The lowest BCUT2D eigenvalue weighted by atomic mass is 10.0. The summed E-state index contributed by atoms with van der Waals surface area (Å²) in [5, 5.41) is 16.9. The van der Waals surface area contributed by atoms with Crippen LogP contribution in [0.25, 0.3) is 16.9 Å². The number of nitrogens with one attached hydrogen (secondary N) is 1. The summed E-state index contributed by atoms with van der Waals surface area (Å²) in [6.07, 6.45) is 5.30. The van der Waals surface area contributed by atoms with E-state index in [0.717, 1.165) is 31.7 Å². The van der Waals surface area contributed by atoms with Crippen molar-refractivity contribution in [3.63, 3.8) is 0 Å². The number of pyridine rings is 1.